The first kappa shape index (κ1) is 14.7. The van der Waals surface area contributed by atoms with Gasteiger partial charge in [0.15, 0.2) is 5.78 Å². The lowest BCUT2D eigenvalue weighted by Gasteiger charge is -2.02. The molecular weight excluding hydrogens is 271 g/mol. The molecule has 0 aromatic heterocycles. The van der Waals surface area contributed by atoms with Gasteiger partial charge in [0.1, 0.15) is 11.6 Å². The van der Waals surface area contributed by atoms with Crippen LogP contribution in [-0.2, 0) is 4.79 Å². The second-order valence-corrected chi connectivity index (χ2v) is 4.39. The predicted octanol–water partition coefficient (Wildman–Crippen LogP) is 3.65. The van der Waals surface area contributed by atoms with Gasteiger partial charge in [0.25, 0.3) is 0 Å². The number of carbonyl (C=O) groups is 2. The Balaban J connectivity index is 1.99. The molecule has 3 nitrogen and oxygen atoms in total. The Labute approximate surface area is 121 Å². The third-order valence-corrected chi connectivity index (χ3v) is 2.74. The van der Waals surface area contributed by atoms with Gasteiger partial charge in [-0.15, -0.1) is 0 Å². The lowest BCUT2D eigenvalue weighted by molar-refractivity contribution is -0.128. The van der Waals surface area contributed by atoms with Crippen LogP contribution in [0.1, 0.15) is 22.8 Å². The summed E-state index contributed by atoms with van der Waals surface area (Å²) in [6.45, 7) is 1.46. The van der Waals surface area contributed by atoms with E-state index in [1.165, 1.54) is 31.2 Å². The van der Waals surface area contributed by atoms with E-state index >= 15 is 0 Å². The molecule has 4 heteroatoms. The summed E-state index contributed by atoms with van der Waals surface area (Å²) >= 11 is 0. The molecule has 0 aliphatic carbocycles. The Morgan fingerprint density at radius 1 is 1.10 bits per heavy atom. The van der Waals surface area contributed by atoms with Gasteiger partial charge in [0.05, 0.1) is 0 Å². The molecule has 0 saturated carbocycles. The molecule has 2 aromatic carbocycles. The predicted molar refractivity (Wildman–Crippen MR) is 77.5 cm³/mol. The van der Waals surface area contributed by atoms with Gasteiger partial charge >= 0.3 is 5.97 Å². The van der Waals surface area contributed by atoms with Crippen molar-refractivity contribution in [3.05, 3.63) is 71.6 Å². The van der Waals surface area contributed by atoms with Crippen molar-refractivity contribution in [3.8, 4) is 5.75 Å². The van der Waals surface area contributed by atoms with E-state index in [2.05, 4.69) is 0 Å². The van der Waals surface area contributed by atoms with E-state index in [0.29, 0.717) is 16.9 Å². The summed E-state index contributed by atoms with van der Waals surface area (Å²) in [6.07, 6.45) is 2.68. The highest BCUT2D eigenvalue weighted by Gasteiger charge is 2.03. The molecule has 0 amide bonds. The standard InChI is InChI=1S/C17H13FO3/c1-12(19)14-6-8-16(9-7-14)21-17(20)10-5-13-3-2-4-15(18)11-13/h2-11H,1H3/b10-5+. The molecular formula is C17H13FO3. The molecule has 106 valence electrons. The number of hydrogen-bond acceptors (Lipinski definition) is 3. The quantitative estimate of drug-likeness (QED) is 0.372. The third kappa shape index (κ3) is 4.38. The Bertz CT molecular complexity index is 687. The van der Waals surface area contributed by atoms with Crippen molar-refractivity contribution in [1.82, 2.24) is 0 Å². The van der Waals surface area contributed by atoms with Gasteiger partial charge in [-0.25, -0.2) is 9.18 Å². The zero-order chi connectivity index (χ0) is 15.2. The van der Waals surface area contributed by atoms with Crippen molar-refractivity contribution in [1.29, 1.82) is 0 Å². The molecule has 0 radical (unpaired) electrons. The minimum absolute atomic E-state index is 0.0566. The fourth-order valence-corrected chi connectivity index (χ4v) is 1.68. The Morgan fingerprint density at radius 2 is 1.81 bits per heavy atom. The van der Waals surface area contributed by atoms with Crippen LogP contribution in [0.15, 0.2) is 54.6 Å². The van der Waals surface area contributed by atoms with Crippen molar-refractivity contribution in [2.75, 3.05) is 0 Å². The van der Waals surface area contributed by atoms with Crippen LogP contribution >= 0.6 is 0 Å². The number of esters is 1. The number of carbonyl (C=O) groups excluding carboxylic acids is 2. The van der Waals surface area contributed by atoms with E-state index in [1.807, 2.05) is 0 Å². The highest BCUT2D eigenvalue weighted by molar-refractivity contribution is 5.94. The van der Waals surface area contributed by atoms with E-state index in [-0.39, 0.29) is 11.6 Å². The van der Waals surface area contributed by atoms with Gasteiger partial charge in [0, 0.05) is 11.6 Å². The van der Waals surface area contributed by atoms with Crippen molar-refractivity contribution in [2.45, 2.75) is 6.92 Å². The first-order valence-electron chi connectivity index (χ1n) is 6.31. The summed E-state index contributed by atoms with van der Waals surface area (Å²) in [7, 11) is 0. The van der Waals surface area contributed by atoms with Crippen LogP contribution in [0.3, 0.4) is 0 Å². The van der Waals surface area contributed by atoms with Crippen LogP contribution in [0.4, 0.5) is 4.39 Å². The number of ketones is 1. The maximum absolute atomic E-state index is 13.0. The number of halogens is 1. The molecule has 21 heavy (non-hydrogen) atoms. The highest BCUT2D eigenvalue weighted by Crippen LogP contribution is 2.13. The van der Waals surface area contributed by atoms with Crippen LogP contribution < -0.4 is 4.74 Å². The molecule has 0 saturated heterocycles. The summed E-state index contributed by atoms with van der Waals surface area (Å²) in [5.74, 6) is -0.659. The molecule has 0 bridgehead atoms. The second-order valence-electron chi connectivity index (χ2n) is 4.39. The fraction of sp³-hybridized carbons (Fsp3) is 0.0588. The number of ether oxygens (including phenoxy) is 1. The van der Waals surface area contributed by atoms with Gasteiger partial charge in [-0.1, -0.05) is 12.1 Å². The maximum Gasteiger partial charge on any atom is 0.336 e. The van der Waals surface area contributed by atoms with Crippen molar-refractivity contribution in [2.24, 2.45) is 0 Å². The molecule has 0 spiro atoms. The zero-order valence-electron chi connectivity index (χ0n) is 11.4. The summed E-state index contributed by atoms with van der Waals surface area (Å²) in [4.78, 5) is 22.7. The first-order chi connectivity index (χ1) is 10.0. The van der Waals surface area contributed by atoms with E-state index in [9.17, 15) is 14.0 Å². The monoisotopic (exact) mass is 284 g/mol. The van der Waals surface area contributed by atoms with Crippen LogP contribution in [0.2, 0.25) is 0 Å². The lowest BCUT2D eigenvalue weighted by Crippen LogP contribution is -2.03. The highest BCUT2D eigenvalue weighted by atomic mass is 19.1. The van der Waals surface area contributed by atoms with Gasteiger partial charge in [-0.3, -0.25) is 4.79 Å². The van der Waals surface area contributed by atoms with E-state index in [4.69, 9.17) is 4.74 Å². The van der Waals surface area contributed by atoms with Crippen molar-refractivity contribution < 1.29 is 18.7 Å². The van der Waals surface area contributed by atoms with Gasteiger partial charge in [-0.05, 0) is 55.0 Å². The molecule has 2 aromatic rings. The minimum atomic E-state index is -0.574. The van der Waals surface area contributed by atoms with Crippen LogP contribution in [0.25, 0.3) is 6.08 Å². The maximum atomic E-state index is 13.0. The average Bonchev–Trinajstić information content (AvgIpc) is 2.46. The van der Waals surface area contributed by atoms with E-state index < -0.39 is 5.97 Å². The first-order valence-corrected chi connectivity index (χ1v) is 6.31. The van der Waals surface area contributed by atoms with Crippen molar-refractivity contribution >= 4 is 17.8 Å². The minimum Gasteiger partial charge on any atom is -0.423 e. The Kier molecular flexibility index (Phi) is 4.61. The van der Waals surface area contributed by atoms with E-state index in [0.717, 1.165) is 0 Å². The van der Waals surface area contributed by atoms with Gasteiger partial charge in [-0.2, -0.15) is 0 Å². The second kappa shape index (κ2) is 6.61. The van der Waals surface area contributed by atoms with Crippen LogP contribution in [0.5, 0.6) is 5.75 Å². The van der Waals surface area contributed by atoms with Crippen molar-refractivity contribution in [3.63, 3.8) is 0 Å². The topological polar surface area (TPSA) is 43.4 Å². The number of benzene rings is 2. The molecule has 0 aliphatic rings. The SMILES string of the molecule is CC(=O)c1ccc(OC(=O)/C=C/c2cccc(F)c2)cc1. The zero-order valence-corrected chi connectivity index (χ0v) is 11.4. The molecule has 0 fully saturated rings. The van der Waals surface area contributed by atoms with Crippen LogP contribution in [-0.4, -0.2) is 11.8 Å². The average molecular weight is 284 g/mol. The van der Waals surface area contributed by atoms with Crippen LogP contribution in [0, 0.1) is 5.82 Å². The van der Waals surface area contributed by atoms with Gasteiger partial charge in [0.2, 0.25) is 0 Å². The smallest absolute Gasteiger partial charge is 0.336 e. The summed E-state index contributed by atoms with van der Waals surface area (Å²) < 4.78 is 18.0. The molecule has 0 heterocycles. The Hall–Kier alpha value is -2.75. The summed E-state index contributed by atoms with van der Waals surface area (Å²) in [6, 6.07) is 12.1. The normalized spacial score (nSPS) is 10.6. The fourth-order valence-electron chi connectivity index (χ4n) is 1.68. The molecule has 0 unspecified atom stereocenters. The lowest BCUT2D eigenvalue weighted by atomic mass is 10.1. The molecule has 0 atom stereocenters. The molecule has 2 rings (SSSR count). The molecule has 0 N–H and O–H groups in total. The summed E-state index contributed by atoms with van der Waals surface area (Å²) in [5.41, 5.74) is 1.11. The number of hydrogen-bond donors (Lipinski definition) is 0. The largest absolute Gasteiger partial charge is 0.423 e. The number of Topliss-reactive ketones (excluding diaryl/α,β-unsaturated/α-hetero) is 1. The van der Waals surface area contributed by atoms with Gasteiger partial charge < -0.3 is 4.74 Å². The summed E-state index contributed by atoms with van der Waals surface area (Å²) in [5, 5.41) is 0. The number of rotatable bonds is 4. The molecule has 0 aliphatic heterocycles. The van der Waals surface area contributed by atoms with E-state index in [1.54, 1.807) is 36.4 Å². The third-order valence-electron chi connectivity index (χ3n) is 2.74. The Morgan fingerprint density at radius 3 is 2.43 bits per heavy atom.